The molecule has 79 heavy (non-hydrogen) atoms. The van der Waals surface area contributed by atoms with Gasteiger partial charge < -0.3 is 14.2 Å². The number of allylic oxidation sites excluding steroid dienone is 14. The molecule has 0 aliphatic carbocycles. The molecule has 0 spiro atoms. The van der Waals surface area contributed by atoms with Gasteiger partial charge in [-0.3, -0.25) is 14.4 Å². The first-order valence-electron chi connectivity index (χ1n) is 34.1. The Morgan fingerprint density at radius 2 is 0.494 bits per heavy atom. The first-order chi connectivity index (χ1) is 39.0. The lowest BCUT2D eigenvalue weighted by molar-refractivity contribution is -0.167. The molecule has 0 heterocycles. The molecule has 0 fully saturated rings. The molecule has 6 nitrogen and oxygen atoms in total. The predicted octanol–water partition coefficient (Wildman–Crippen LogP) is 23.4. The Labute approximate surface area is 490 Å². The Morgan fingerprint density at radius 1 is 0.266 bits per heavy atom. The smallest absolute Gasteiger partial charge is 0.306 e. The average Bonchev–Trinajstić information content (AvgIpc) is 3.45. The van der Waals surface area contributed by atoms with Crippen molar-refractivity contribution in [1.82, 2.24) is 0 Å². The Bertz CT molecular complexity index is 1500. The maximum absolute atomic E-state index is 12.9. The number of ether oxygens (including phenoxy) is 3. The number of hydrogen-bond donors (Lipinski definition) is 0. The van der Waals surface area contributed by atoms with Crippen LogP contribution < -0.4 is 0 Å². The van der Waals surface area contributed by atoms with Gasteiger partial charge in [-0.1, -0.05) is 311 Å². The van der Waals surface area contributed by atoms with E-state index in [2.05, 4.69) is 106 Å². The highest BCUT2D eigenvalue weighted by atomic mass is 16.6. The standard InChI is InChI=1S/C73H128O6/c1-4-7-10-13-16-19-22-25-28-31-33-35-36-37-38-39-41-42-45-48-51-54-57-60-63-66-72(75)78-69-70(68-77-71(74)65-62-59-56-53-50-47-44-30-27-24-21-18-15-12-9-6-3)79-73(76)67-64-61-58-55-52-49-46-43-40-34-32-29-26-23-20-17-14-11-8-5-2/h7,10,16,19,25,28,30,33,35,37-38,41-42,44,70H,4-6,8-9,11-15,17-18,20-24,26-27,29,31-32,34,36,39-40,43,45-69H2,1-3H3/b10-7-,19-16-,28-25-,35-33-,38-37-,42-41-,44-30-. The molecule has 456 valence electrons. The summed E-state index contributed by atoms with van der Waals surface area (Å²) < 4.78 is 17.0. The van der Waals surface area contributed by atoms with Crippen molar-refractivity contribution in [1.29, 1.82) is 0 Å². The van der Waals surface area contributed by atoms with Crippen molar-refractivity contribution in [3.63, 3.8) is 0 Å². The van der Waals surface area contributed by atoms with E-state index < -0.39 is 6.10 Å². The molecule has 0 aromatic heterocycles. The van der Waals surface area contributed by atoms with Crippen LogP contribution >= 0.6 is 0 Å². The zero-order chi connectivity index (χ0) is 57.1. The van der Waals surface area contributed by atoms with Crippen LogP contribution in [-0.4, -0.2) is 37.2 Å². The largest absolute Gasteiger partial charge is 0.462 e. The van der Waals surface area contributed by atoms with Gasteiger partial charge in [-0.2, -0.15) is 0 Å². The summed E-state index contributed by atoms with van der Waals surface area (Å²) >= 11 is 0. The lowest BCUT2D eigenvalue weighted by atomic mass is 10.0. The number of carbonyl (C=O) groups is 3. The number of rotatable bonds is 62. The predicted molar refractivity (Wildman–Crippen MR) is 344 cm³/mol. The van der Waals surface area contributed by atoms with E-state index in [0.717, 1.165) is 116 Å². The molecule has 0 radical (unpaired) electrons. The first kappa shape index (κ1) is 75.6. The van der Waals surface area contributed by atoms with Gasteiger partial charge in [0.1, 0.15) is 13.2 Å². The summed E-state index contributed by atoms with van der Waals surface area (Å²) in [6.07, 6.45) is 88.8. The van der Waals surface area contributed by atoms with Gasteiger partial charge in [0.15, 0.2) is 6.10 Å². The maximum Gasteiger partial charge on any atom is 0.306 e. The van der Waals surface area contributed by atoms with E-state index in [9.17, 15) is 14.4 Å². The molecule has 0 aliphatic heterocycles. The van der Waals surface area contributed by atoms with Crippen LogP contribution in [0, 0.1) is 0 Å². The van der Waals surface area contributed by atoms with Crippen LogP contribution in [0.1, 0.15) is 342 Å². The third kappa shape index (κ3) is 65.3. The summed E-state index contributed by atoms with van der Waals surface area (Å²) in [6.45, 7) is 6.55. The molecule has 0 bridgehead atoms. The molecule has 0 saturated carbocycles. The lowest BCUT2D eigenvalue weighted by Gasteiger charge is -2.18. The highest BCUT2D eigenvalue weighted by Crippen LogP contribution is 2.17. The van der Waals surface area contributed by atoms with Crippen LogP contribution in [0.4, 0.5) is 0 Å². The van der Waals surface area contributed by atoms with Crippen molar-refractivity contribution in [3.8, 4) is 0 Å². The second-order valence-corrected chi connectivity index (χ2v) is 22.7. The van der Waals surface area contributed by atoms with Gasteiger partial charge in [0.25, 0.3) is 0 Å². The Hall–Kier alpha value is -3.41. The SMILES string of the molecule is CC/C=C\C/C=C\C/C=C\C/C=C\C/C=C\C/C=C\CCCCCCCCC(=O)OCC(COC(=O)CCCCCCC/C=C\CCCCCCCCC)OC(=O)CCCCCCCCCCCCCCCCCCCCCC. The molecule has 0 N–H and O–H groups in total. The Kier molecular flexibility index (Phi) is 64.2. The highest BCUT2D eigenvalue weighted by molar-refractivity contribution is 5.71. The van der Waals surface area contributed by atoms with Gasteiger partial charge in [0, 0.05) is 19.3 Å². The minimum atomic E-state index is -0.787. The fourth-order valence-electron chi connectivity index (χ4n) is 9.80. The summed E-state index contributed by atoms with van der Waals surface area (Å²) in [4.78, 5) is 38.4. The lowest BCUT2D eigenvalue weighted by Crippen LogP contribution is -2.30. The van der Waals surface area contributed by atoms with Gasteiger partial charge in [-0.25, -0.2) is 0 Å². The Balaban J connectivity index is 4.38. The molecule has 1 atom stereocenters. The molecular formula is C73H128O6. The van der Waals surface area contributed by atoms with Crippen LogP contribution in [0.3, 0.4) is 0 Å². The minimum absolute atomic E-state index is 0.0825. The van der Waals surface area contributed by atoms with E-state index in [0.29, 0.717) is 19.3 Å². The molecule has 0 saturated heterocycles. The molecule has 0 aliphatic rings. The maximum atomic E-state index is 12.9. The van der Waals surface area contributed by atoms with Crippen LogP contribution in [0.25, 0.3) is 0 Å². The zero-order valence-electron chi connectivity index (χ0n) is 52.4. The normalized spacial score (nSPS) is 12.6. The summed E-state index contributed by atoms with van der Waals surface area (Å²) in [5.74, 6) is -0.886. The van der Waals surface area contributed by atoms with Crippen LogP contribution in [0.15, 0.2) is 85.1 Å². The molecule has 0 amide bonds. The van der Waals surface area contributed by atoms with Gasteiger partial charge in [-0.05, 0) is 96.3 Å². The van der Waals surface area contributed by atoms with E-state index >= 15 is 0 Å². The van der Waals surface area contributed by atoms with E-state index in [-0.39, 0.29) is 31.1 Å². The second-order valence-electron chi connectivity index (χ2n) is 22.7. The van der Waals surface area contributed by atoms with Crippen LogP contribution in [0.5, 0.6) is 0 Å². The summed E-state index contributed by atoms with van der Waals surface area (Å²) in [5.41, 5.74) is 0. The van der Waals surface area contributed by atoms with Crippen LogP contribution in [-0.2, 0) is 28.6 Å². The number of unbranched alkanes of at least 4 members (excludes halogenated alkanes) is 37. The number of hydrogen-bond acceptors (Lipinski definition) is 6. The Morgan fingerprint density at radius 3 is 0.785 bits per heavy atom. The average molecular weight is 1100 g/mol. The number of carbonyl (C=O) groups excluding carboxylic acids is 3. The van der Waals surface area contributed by atoms with Crippen molar-refractivity contribution in [2.24, 2.45) is 0 Å². The van der Waals surface area contributed by atoms with E-state index in [1.54, 1.807) is 0 Å². The minimum Gasteiger partial charge on any atom is -0.462 e. The van der Waals surface area contributed by atoms with Crippen molar-refractivity contribution in [2.75, 3.05) is 13.2 Å². The van der Waals surface area contributed by atoms with Crippen molar-refractivity contribution in [2.45, 2.75) is 348 Å². The zero-order valence-corrected chi connectivity index (χ0v) is 52.4. The topological polar surface area (TPSA) is 78.9 Å². The summed E-state index contributed by atoms with van der Waals surface area (Å²) in [5, 5.41) is 0. The van der Waals surface area contributed by atoms with Crippen molar-refractivity contribution in [3.05, 3.63) is 85.1 Å². The molecule has 0 aromatic carbocycles. The third-order valence-corrected chi connectivity index (χ3v) is 14.9. The van der Waals surface area contributed by atoms with Crippen molar-refractivity contribution >= 4 is 17.9 Å². The summed E-state index contributed by atoms with van der Waals surface area (Å²) in [6, 6.07) is 0. The monoisotopic (exact) mass is 1100 g/mol. The van der Waals surface area contributed by atoms with E-state index in [1.165, 1.54) is 186 Å². The number of esters is 3. The first-order valence-corrected chi connectivity index (χ1v) is 34.1. The van der Waals surface area contributed by atoms with Gasteiger partial charge in [0.2, 0.25) is 0 Å². The molecule has 0 rings (SSSR count). The van der Waals surface area contributed by atoms with Crippen molar-refractivity contribution < 1.29 is 28.6 Å². The fraction of sp³-hybridized carbons (Fsp3) is 0.767. The fourth-order valence-corrected chi connectivity index (χ4v) is 9.80. The third-order valence-electron chi connectivity index (χ3n) is 14.9. The molecule has 0 aromatic rings. The highest BCUT2D eigenvalue weighted by Gasteiger charge is 2.19. The quantitative estimate of drug-likeness (QED) is 0.0261. The summed E-state index contributed by atoms with van der Waals surface area (Å²) in [7, 11) is 0. The molecule has 1 unspecified atom stereocenters. The van der Waals surface area contributed by atoms with E-state index in [1.807, 2.05) is 0 Å². The molecule has 6 heteroatoms. The second kappa shape index (κ2) is 67.1. The van der Waals surface area contributed by atoms with E-state index in [4.69, 9.17) is 14.2 Å². The van der Waals surface area contributed by atoms with Gasteiger partial charge >= 0.3 is 17.9 Å². The van der Waals surface area contributed by atoms with Gasteiger partial charge in [-0.15, -0.1) is 0 Å². The van der Waals surface area contributed by atoms with Crippen LogP contribution in [0.2, 0.25) is 0 Å². The molecular weight excluding hydrogens is 973 g/mol. The van der Waals surface area contributed by atoms with Gasteiger partial charge in [0.05, 0.1) is 0 Å².